The van der Waals surface area contributed by atoms with E-state index >= 15 is 0 Å². The minimum Gasteiger partial charge on any atom is -0.493 e. The third kappa shape index (κ3) is 6.39. The number of ether oxygens (including phenoxy) is 2. The molecule has 1 aliphatic rings. The minimum atomic E-state index is -0.562. The van der Waals surface area contributed by atoms with Crippen molar-refractivity contribution in [2.75, 3.05) is 7.11 Å². The van der Waals surface area contributed by atoms with Gasteiger partial charge in [-0.05, 0) is 49.2 Å². The van der Waals surface area contributed by atoms with Gasteiger partial charge in [0.25, 0.3) is 5.56 Å². The van der Waals surface area contributed by atoms with Crippen molar-refractivity contribution in [2.45, 2.75) is 44.6 Å². The van der Waals surface area contributed by atoms with Crippen LogP contribution in [0.15, 0.2) is 62.9 Å². The van der Waals surface area contributed by atoms with Crippen molar-refractivity contribution in [1.29, 1.82) is 0 Å². The highest BCUT2D eigenvalue weighted by Gasteiger charge is 2.24. The highest BCUT2D eigenvalue weighted by Crippen LogP contribution is 2.39. The lowest BCUT2D eigenvalue weighted by Crippen LogP contribution is -2.25. The van der Waals surface area contributed by atoms with Gasteiger partial charge in [-0.15, -0.1) is 0 Å². The van der Waals surface area contributed by atoms with Crippen LogP contribution in [0.5, 0.6) is 11.5 Å². The first-order valence-electron chi connectivity index (χ1n) is 12.9. The summed E-state index contributed by atoms with van der Waals surface area (Å²) in [7, 11) is 1.39. The second kappa shape index (κ2) is 12.6. The summed E-state index contributed by atoms with van der Waals surface area (Å²) >= 11 is 15.6. The molecule has 0 radical (unpaired) electrons. The molecule has 0 unspecified atom stereocenters. The van der Waals surface area contributed by atoms with E-state index in [9.17, 15) is 14.9 Å². The lowest BCUT2D eigenvalue weighted by Gasteiger charge is -2.22. The van der Waals surface area contributed by atoms with Gasteiger partial charge in [-0.1, -0.05) is 64.5 Å². The molecule has 41 heavy (non-hydrogen) atoms. The Hall–Kier alpha value is -3.47. The van der Waals surface area contributed by atoms with Crippen LogP contribution < -0.4 is 15.0 Å². The maximum Gasteiger partial charge on any atom is 0.315 e. The van der Waals surface area contributed by atoms with Crippen LogP contribution >= 0.6 is 39.1 Å². The van der Waals surface area contributed by atoms with Crippen molar-refractivity contribution in [2.24, 2.45) is 5.10 Å². The summed E-state index contributed by atoms with van der Waals surface area (Å²) in [5.74, 6) is 0.743. The standard InChI is InChI=1S/C29H25BrCl2N4O5/c1-40-26-12-17(11-25(36(38)39)27(26)41-16-19-7-9-21(31)14-23(19)32)15-33-35-28(18-5-3-2-4-6-18)34-24-10-8-20(30)13-22(24)29(35)37/h7-15,18H,2-6,16H2,1H3. The number of nitro benzene ring substituents is 1. The number of halogens is 3. The fraction of sp³-hybridized carbons (Fsp3) is 0.276. The van der Waals surface area contributed by atoms with Gasteiger partial charge in [0, 0.05) is 37.6 Å². The fourth-order valence-electron chi connectivity index (χ4n) is 4.93. The van der Waals surface area contributed by atoms with E-state index in [-0.39, 0.29) is 35.3 Å². The van der Waals surface area contributed by atoms with Gasteiger partial charge >= 0.3 is 5.69 Å². The Morgan fingerprint density at radius 2 is 1.93 bits per heavy atom. The predicted molar refractivity (Wildman–Crippen MR) is 163 cm³/mol. The second-order valence-electron chi connectivity index (χ2n) is 9.68. The van der Waals surface area contributed by atoms with Gasteiger partial charge in [0.1, 0.15) is 12.4 Å². The second-order valence-corrected chi connectivity index (χ2v) is 11.4. The molecule has 212 valence electrons. The summed E-state index contributed by atoms with van der Waals surface area (Å²) < 4.78 is 13.3. The minimum absolute atomic E-state index is 0.0426. The fourth-order valence-corrected chi connectivity index (χ4v) is 5.75. The van der Waals surface area contributed by atoms with Crippen LogP contribution in [0.4, 0.5) is 5.69 Å². The Morgan fingerprint density at radius 3 is 2.63 bits per heavy atom. The van der Waals surface area contributed by atoms with E-state index in [4.69, 9.17) is 37.7 Å². The molecular weight excluding hydrogens is 635 g/mol. The Balaban J connectivity index is 1.55. The first-order chi connectivity index (χ1) is 19.7. The zero-order valence-corrected chi connectivity index (χ0v) is 25.1. The van der Waals surface area contributed by atoms with Gasteiger partial charge in [0.2, 0.25) is 5.75 Å². The third-order valence-electron chi connectivity index (χ3n) is 6.99. The lowest BCUT2D eigenvalue weighted by molar-refractivity contribution is -0.386. The van der Waals surface area contributed by atoms with Crippen LogP contribution in [0.3, 0.4) is 0 Å². The Labute approximate surface area is 254 Å². The molecule has 3 aromatic carbocycles. The van der Waals surface area contributed by atoms with E-state index in [2.05, 4.69) is 21.0 Å². The molecule has 0 amide bonds. The molecule has 0 atom stereocenters. The van der Waals surface area contributed by atoms with E-state index < -0.39 is 4.92 Å². The lowest BCUT2D eigenvalue weighted by atomic mass is 9.88. The summed E-state index contributed by atoms with van der Waals surface area (Å²) in [6.07, 6.45) is 6.46. The Kier molecular flexibility index (Phi) is 8.91. The van der Waals surface area contributed by atoms with E-state index in [0.29, 0.717) is 37.9 Å². The monoisotopic (exact) mass is 658 g/mol. The molecule has 0 bridgehead atoms. The summed E-state index contributed by atoms with van der Waals surface area (Å²) in [6, 6.07) is 13.2. The van der Waals surface area contributed by atoms with Crippen molar-refractivity contribution in [3.63, 3.8) is 0 Å². The number of nitro groups is 1. The molecule has 0 saturated heterocycles. The maximum absolute atomic E-state index is 13.6. The quantitative estimate of drug-likeness (QED) is 0.108. The van der Waals surface area contributed by atoms with Crippen molar-refractivity contribution in [3.8, 4) is 11.5 Å². The van der Waals surface area contributed by atoms with E-state index in [1.807, 2.05) is 12.1 Å². The van der Waals surface area contributed by atoms with Crippen molar-refractivity contribution in [1.82, 2.24) is 9.66 Å². The number of hydrogen-bond donors (Lipinski definition) is 0. The number of rotatable bonds is 8. The zero-order chi connectivity index (χ0) is 29.1. The molecule has 0 N–H and O–H groups in total. The zero-order valence-electron chi connectivity index (χ0n) is 22.0. The molecule has 1 saturated carbocycles. The van der Waals surface area contributed by atoms with Gasteiger partial charge < -0.3 is 9.47 Å². The summed E-state index contributed by atoms with van der Waals surface area (Å²) in [4.78, 5) is 29.9. The number of aromatic nitrogens is 2. The molecule has 9 nitrogen and oxygen atoms in total. The average Bonchev–Trinajstić information content (AvgIpc) is 2.96. The molecule has 0 aliphatic heterocycles. The van der Waals surface area contributed by atoms with Crippen LogP contribution in [0.2, 0.25) is 10.0 Å². The normalized spacial score (nSPS) is 14.0. The molecule has 5 rings (SSSR count). The third-order valence-corrected chi connectivity index (χ3v) is 8.07. The van der Waals surface area contributed by atoms with Gasteiger partial charge in [-0.3, -0.25) is 14.9 Å². The van der Waals surface area contributed by atoms with Crippen LogP contribution in [0.1, 0.15) is 55.0 Å². The highest BCUT2D eigenvalue weighted by atomic mass is 79.9. The molecule has 1 fully saturated rings. The van der Waals surface area contributed by atoms with Gasteiger partial charge in [0.05, 0.1) is 29.2 Å². The molecule has 4 aromatic rings. The summed E-state index contributed by atoms with van der Waals surface area (Å²) in [5.41, 5.74) is 0.917. The molecule has 12 heteroatoms. The van der Waals surface area contributed by atoms with E-state index in [1.54, 1.807) is 30.3 Å². The number of hydrogen-bond acceptors (Lipinski definition) is 7. The van der Waals surface area contributed by atoms with Crippen LogP contribution in [0, 0.1) is 10.1 Å². The highest BCUT2D eigenvalue weighted by molar-refractivity contribution is 9.10. The SMILES string of the molecule is COc1cc(C=Nn2c(C3CCCCC3)nc3ccc(Br)cc3c2=O)cc([N+](=O)[O-])c1OCc1ccc(Cl)cc1Cl. The number of fused-ring (bicyclic) bond motifs is 1. The number of benzene rings is 3. The van der Waals surface area contributed by atoms with Gasteiger partial charge in [0.15, 0.2) is 5.75 Å². The molecule has 0 spiro atoms. The van der Waals surface area contributed by atoms with Crippen molar-refractivity contribution in [3.05, 3.63) is 100 Å². The topological polar surface area (TPSA) is 109 Å². The molecule has 1 aromatic heterocycles. The molecular formula is C29H25BrCl2N4O5. The maximum atomic E-state index is 13.6. The number of nitrogens with zero attached hydrogens (tertiary/aromatic N) is 4. The summed E-state index contributed by atoms with van der Waals surface area (Å²) in [5, 5.41) is 17.8. The summed E-state index contributed by atoms with van der Waals surface area (Å²) in [6.45, 7) is -0.0426. The van der Waals surface area contributed by atoms with Crippen molar-refractivity contribution < 1.29 is 14.4 Å². The van der Waals surface area contributed by atoms with Crippen LogP contribution in [-0.2, 0) is 6.61 Å². The van der Waals surface area contributed by atoms with Gasteiger partial charge in [-0.2, -0.15) is 9.78 Å². The molecule has 1 aliphatic carbocycles. The first kappa shape index (κ1) is 29.0. The largest absolute Gasteiger partial charge is 0.493 e. The average molecular weight is 660 g/mol. The smallest absolute Gasteiger partial charge is 0.315 e. The van der Waals surface area contributed by atoms with Crippen LogP contribution in [0.25, 0.3) is 10.9 Å². The predicted octanol–water partition coefficient (Wildman–Crippen LogP) is 7.89. The molecule has 1 heterocycles. The van der Waals surface area contributed by atoms with Gasteiger partial charge in [-0.25, -0.2) is 4.98 Å². The Morgan fingerprint density at radius 1 is 1.15 bits per heavy atom. The van der Waals surface area contributed by atoms with E-state index in [0.717, 1.165) is 36.6 Å². The van der Waals surface area contributed by atoms with Crippen molar-refractivity contribution >= 4 is 61.9 Å². The number of methoxy groups -OCH3 is 1. The Bertz CT molecular complexity index is 1720. The van der Waals surface area contributed by atoms with E-state index in [1.165, 1.54) is 24.1 Å². The van der Waals surface area contributed by atoms with Crippen LogP contribution in [-0.4, -0.2) is 27.9 Å². The first-order valence-corrected chi connectivity index (χ1v) is 14.5.